The molecule has 1 spiro atoms. The van der Waals surface area contributed by atoms with Crippen LogP contribution in [0.4, 0.5) is 5.69 Å². The number of carbonyl (C=O) groups is 3. The number of rotatable bonds is 10. The molecule has 3 aliphatic rings. The lowest BCUT2D eigenvalue weighted by Gasteiger charge is -2.36. The summed E-state index contributed by atoms with van der Waals surface area (Å²) in [4.78, 5) is 43.0. The van der Waals surface area contributed by atoms with E-state index in [1.807, 2.05) is 0 Å². The maximum absolute atomic E-state index is 14.1. The van der Waals surface area contributed by atoms with Crippen molar-refractivity contribution in [1.82, 2.24) is 4.90 Å². The number of carboxylic acid groups (broad SMARTS) is 1. The normalized spacial score (nSPS) is 28.9. The van der Waals surface area contributed by atoms with Gasteiger partial charge in [0.15, 0.2) is 0 Å². The lowest BCUT2D eigenvalue weighted by molar-refractivity contribution is -0.146. The maximum atomic E-state index is 14.1. The number of aliphatic hydroxyl groups is 1. The summed E-state index contributed by atoms with van der Waals surface area (Å²) < 4.78 is 6.15. The average Bonchev–Trinajstić information content (AvgIpc) is 3.45. The predicted molar refractivity (Wildman–Crippen MR) is 126 cm³/mol. The van der Waals surface area contributed by atoms with Crippen LogP contribution in [-0.4, -0.2) is 63.7 Å². The molecule has 1 aromatic rings. The number of fused-ring (bicyclic) bond motifs is 1. The highest BCUT2D eigenvalue weighted by atomic mass is 35.5. The topological polar surface area (TPSA) is 107 Å². The van der Waals surface area contributed by atoms with Gasteiger partial charge in [-0.25, -0.2) is 0 Å². The van der Waals surface area contributed by atoms with Gasteiger partial charge >= 0.3 is 5.97 Å². The molecule has 2 N–H and O–H groups in total. The quantitative estimate of drug-likeness (QED) is 0.387. The highest BCUT2D eigenvalue weighted by molar-refractivity contribution is 6.34. The van der Waals surface area contributed by atoms with Crippen LogP contribution in [-0.2, 0) is 25.7 Å². The van der Waals surface area contributed by atoms with E-state index < -0.39 is 48.1 Å². The summed E-state index contributed by atoms with van der Waals surface area (Å²) in [6.45, 7) is 6.15. The van der Waals surface area contributed by atoms with Crippen LogP contribution in [0.3, 0.4) is 0 Å². The third-order valence-electron chi connectivity index (χ3n) is 6.97. The Balaban J connectivity index is 1.86. The monoisotopic (exact) mass is 488 g/mol. The molecule has 9 heteroatoms. The first-order valence-electron chi connectivity index (χ1n) is 11.5. The Kier molecular flexibility index (Phi) is 6.85. The van der Waals surface area contributed by atoms with Gasteiger partial charge in [-0.2, -0.15) is 0 Å². The summed E-state index contributed by atoms with van der Waals surface area (Å²) in [6.07, 6.45) is 6.80. The van der Waals surface area contributed by atoms with Crippen molar-refractivity contribution in [3.63, 3.8) is 0 Å². The van der Waals surface area contributed by atoms with Crippen molar-refractivity contribution in [3.8, 4) is 0 Å². The van der Waals surface area contributed by atoms with Gasteiger partial charge in [0, 0.05) is 18.7 Å². The van der Waals surface area contributed by atoms with E-state index >= 15 is 0 Å². The van der Waals surface area contributed by atoms with E-state index in [1.54, 1.807) is 41.3 Å². The van der Waals surface area contributed by atoms with Crippen molar-refractivity contribution in [1.29, 1.82) is 0 Å². The lowest BCUT2D eigenvalue weighted by atomic mass is 9.74. The van der Waals surface area contributed by atoms with E-state index in [2.05, 4.69) is 13.5 Å². The molecule has 4 rings (SSSR count). The van der Waals surface area contributed by atoms with E-state index in [-0.39, 0.29) is 23.2 Å². The summed E-state index contributed by atoms with van der Waals surface area (Å²) in [5.74, 6) is -4.28. The van der Waals surface area contributed by atoms with E-state index in [0.29, 0.717) is 12.1 Å². The smallest absolute Gasteiger partial charge is 0.310 e. The van der Waals surface area contributed by atoms with Crippen molar-refractivity contribution in [2.45, 2.75) is 50.5 Å². The molecular weight excluding hydrogens is 460 g/mol. The van der Waals surface area contributed by atoms with E-state index in [4.69, 9.17) is 16.3 Å². The first kappa shape index (κ1) is 24.4. The van der Waals surface area contributed by atoms with Gasteiger partial charge in [-0.15, -0.1) is 6.58 Å². The largest absolute Gasteiger partial charge is 0.481 e. The Morgan fingerprint density at radius 2 is 2.12 bits per heavy atom. The zero-order valence-corrected chi connectivity index (χ0v) is 19.8. The van der Waals surface area contributed by atoms with Gasteiger partial charge in [-0.3, -0.25) is 19.3 Å². The highest BCUT2D eigenvalue weighted by Crippen LogP contribution is 2.57. The van der Waals surface area contributed by atoms with Gasteiger partial charge in [0.2, 0.25) is 11.8 Å². The van der Waals surface area contributed by atoms with Gasteiger partial charge < -0.3 is 19.8 Å². The number of aliphatic carboxylic acids is 1. The molecule has 0 aromatic heterocycles. The van der Waals surface area contributed by atoms with Crippen molar-refractivity contribution in [3.05, 3.63) is 53.6 Å². The van der Waals surface area contributed by atoms with Gasteiger partial charge in [0.1, 0.15) is 17.6 Å². The second kappa shape index (κ2) is 9.52. The summed E-state index contributed by atoms with van der Waals surface area (Å²) in [5, 5.41) is 20.1. The summed E-state index contributed by atoms with van der Waals surface area (Å²) in [6, 6.07) is 3.67. The average molecular weight is 489 g/mol. The fraction of sp³-hybridized carbons (Fsp3) is 0.480. The number of nitrogens with zero attached hydrogens (tertiary/aromatic N) is 2. The van der Waals surface area contributed by atoms with E-state index in [1.165, 1.54) is 4.90 Å². The number of anilines is 1. The number of halogens is 1. The summed E-state index contributed by atoms with van der Waals surface area (Å²) in [7, 11) is 0. The maximum Gasteiger partial charge on any atom is 0.310 e. The number of aliphatic hydroxyl groups excluding tert-OH is 1. The Bertz CT molecular complexity index is 1040. The van der Waals surface area contributed by atoms with Crippen molar-refractivity contribution in [2.75, 3.05) is 18.0 Å². The number of amides is 2. The van der Waals surface area contributed by atoms with Crippen molar-refractivity contribution in [2.24, 2.45) is 11.8 Å². The third kappa shape index (κ3) is 3.65. The van der Waals surface area contributed by atoms with E-state index in [9.17, 15) is 24.6 Å². The molecule has 2 fully saturated rings. The molecule has 3 aliphatic heterocycles. The van der Waals surface area contributed by atoms with Crippen LogP contribution in [0.5, 0.6) is 0 Å². The number of carbonyl (C=O) groups excluding carboxylic acids is 2. The number of para-hydroxylation sites is 1. The van der Waals surface area contributed by atoms with Gasteiger partial charge in [0.25, 0.3) is 0 Å². The fourth-order valence-electron chi connectivity index (χ4n) is 5.51. The summed E-state index contributed by atoms with van der Waals surface area (Å²) >= 11 is 6.50. The Morgan fingerprint density at radius 3 is 2.76 bits per heavy atom. The molecule has 182 valence electrons. The highest BCUT2D eigenvalue weighted by Gasteiger charge is 2.73. The molecule has 2 amide bonds. The molecule has 5 unspecified atom stereocenters. The second-order valence-corrected chi connectivity index (χ2v) is 9.34. The van der Waals surface area contributed by atoms with Gasteiger partial charge in [0.05, 0.1) is 29.3 Å². The van der Waals surface area contributed by atoms with Crippen LogP contribution >= 0.6 is 11.6 Å². The zero-order chi connectivity index (χ0) is 24.6. The molecule has 8 nitrogen and oxygen atoms in total. The standard InChI is InChI=1S/C25H29ClN2O6/c1-3-5-6-13-27(12-4-2)23(31)21-25-11-10-17(34-25)18(24(32)33)19(25)22(30)28(21)20-15(14-29)8-7-9-16(20)26/h4,7-11,17-19,21,29H,2-3,5-6,12-14H2,1H3,(H,32,33). The number of hydrogen-bond acceptors (Lipinski definition) is 5. The van der Waals surface area contributed by atoms with Gasteiger partial charge in [-0.05, 0) is 12.5 Å². The molecule has 3 heterocycles. The first-order chi connectivity index (χ1) is 16.3. The Labute approximate surface area is 203 Å². The first-order valence-corrected chi connectivity index (χ1v) is 11.9. The molecule has 2 saturated heterocycles. The molecule has 1 aromatic carbocycles. The van der Waals surface area contributed by atoms with Gasteiger partial charge in [-0.1, -0.05) is 61.7 Å². The lowest BCUT2D eigenvalue weighted by Crippen LogP contribution is -2.56. The zero-order valence-electron chi connectivity index (χ0n) is 19.0. The minimum Gasteiger partial charge on any atom is -0.481 e. The molecule has 5 atom stereocenters. The number of ether oxygens (including phenoxy) is 1. The van der Waals surface area contributed by atoms with Crippen LogP contribution < -0.4 is 4.90 Å². The minimum atomic E-state index is -1.43. The van der Waals surface area contributed by atoms with Crippen LogP contribution in [0.15, 0.2) is 43.0 Å². The number of unbranched alkanes of at least 4 members (excludes halogenated alkanes) is 2. The molecular formula is C25H29ClN2O6. The Hall–Kier alpha value is -2.68. The van der Waals surface area contributed by atoms with Crippen LogP contribution in [0.2, 0.25) is 5.02 Å². The van der Waals surface area contributed by atoms with E-state index in [0.717, 1.165) is 19.3 Å². The predicted octanol–water partition coefficient (Wildman–Crippen LogP) is 2.78. The molecule has 2 bridgehead atoms. The second-order valence-electron chi connectivity index (χ2n) is 8.93. The number of benzene rings is 1. The number of hydrogen-bond donors (Lipinski definition) is 2. The third-order valence-corrected chi connectivity index (χ3v) is 7.27. The number of carboxylic acids is 1. The molecule has 0 saturated carbocycles. The van der Waals surface area contributed by atoms with Crippen LogP contribution in [0, 0.1) is 11.8 Å². The van der Waals surface area contributed by atoms with Crippen LogP contribution in [0.1, 0.15) is 31.7 Å². The Morgan fingerprint density at radius 1 is 1.35 bits per heavy atom. The van der Waals surface area contributed by atoms with Crippen molar-refractivity contribution < 1.29 is 29.3 Å². The van der Waals surface area contributed by atoms with Crippen LogP contribution in [0.25, 0.3) is 0 Å². The molecule has 0 aliphatic carbocycles. The molecule has 34 heavy (non-hydrogen) atoms. The SMILES string of the molecule is C=CCN(CCCCC)C(=O)C1N(c2c(Cl)cccc2CO)C(=O)C2C(C(=O)O)C3C=CC21O3. The summed E-state index contributed by atoms with van der Waals surface area (Å²) in [5.41, 5.74) is -0.866. The minimum absolute atomic E-state index is 0.181. The van der Waals surface area contributed by atoms with Crippen molar-refractivity contribution >= 4 is 35.1 Å². The molecule has 0 radical (unpaired) electrons. The fourth-order valence-corrected chi connectivity index (χ4v) is 5.79.